The van der Waals surface area contributed by atoms with Crippen LogP contribution in [0.4, 0.5) is 14.9 Å². The van der Waals surface area contributed by atoms with Gasteiger partial charge in [-0.3, -0.25) is 9.20 Å². The Bertz CT molecular complexity index is 1270. The summed E-state index contributed by atoms with van der Waals surface area (Å²) in [4.78, 5) is 39.0. The maximum absolute atomic E-state index is 15.6. The Kier molecular flexibility index (Phi) is 5.56. The van der Waals surface area contributed by atoms with Gasteiger partial charge in [-0.05, 0) is 82.4 Å². The fourth-order valence-corrected chi connectivity index (χ4v) is 5.51. The van der Waals surface area contributed by atoms with Crippen LogP contribution in [0.25, 0.3) is 5.52 Å². The average molecular weight is 486 g/mol. The SMILES string of the molecule is Cc1c(N2C[C@@H](NC(=O)OC(C)(C)C)[C@H](C3CC3)C2)c(F)cn2c(=O)c(C(=O)O)cc(C3CC3)c12. The molecule has 2 aromatic heterocycles. The van der Waals surface area contributed by atoms with Crippen LogP contribution in [0.5, 0.6) is 0 Å². The molecule has 3 heterocycles. The number of fused-ring (bicyclic) bond motifs is 1. The van der Waals surface area contributed by atoms with Gasteiger partial charge >= 0.3 is 12.1 Å². The average Bonchev–Trinajstić information content (AvgIpc) is 3.66. The van der Waals surface area contributed by atoms with Crippen LogP contribution in [-0.2, 0) is 4.74 Å². The Labute approximate surface area is 203 Å². The molecular weight excluding hydrogens is 453 g/mol. The number of aromatic nitrogens is 1. The molecule has 0 aromatic carbocycles. The zero-order valence-corrected chi connectivity index (χ0v) is 20.6. The topological polar surface area (TPSA) is 100 Å². The third kappa shape index (κ3) is 4.48. The lowest BCUT2D eigenvalue weighted by atomic mass is 9.98. The van der Waals surface area contributed by atoms with Crippen molar-refractivity contribution in [2.45, 2.75) is 70.9 Å². The molecule has 0 bridgehead atoms. The number of halogens is 1. The number of amides is 1. The van der Waals surface area contributed by atoms with Gasteiger partial charge in [-0.15, -0.1) is 0 Å². The van der Waals surface area contributed by atoms with Crippen molar-refractivity contribution in [2.24, 2.45) is 11.8 Å². The second-order valence-electron chi connectivity index (χ2n) is 11.2. The summed E-state index contributed by atoms with van der Waals surface area (Å²) in [5.41, 5.74) is 0.717. The summed E-state index contributed by atoms with van der Waals surface area (Å²) in [5.74, 6) is -1.06. The lowest BCUT2D eigenvalue weighted by Crippen LogP contribution is -2.43. The van der Waals surface area contributed by atoms with Crippen molar-refractivity contribution in [3.8, 4) is 0 Å². The molecule has 0 unspecified atom stereocenters. The number of carbonyl (C=O) groups excluding carboxylic acids is 1. The van der Waals surface area contributed by atoms with Crippen LogP contribution in [0, 0.1) is 24.6 Å². The fourth-order valence-electron chi connectivity index (χ4n) is 5.51. The van der Waals surface area contributed by atoms with Gasteiger partial charge in [0.15, 0.2) is 5.82 Å². The molecule has 0 spiro atoms. The summed E-state index contributed by atoms with van der Waals surface area (Å²) in [6, 6.07) is 1.29. The number of carboxylic acid groups (broad SMARTS) is 1. The highest BCUT2D eigenvalue weighted by atomic mass is 19.1. The largest absolute Gasteiger partial charge is 0.477 e. The molecule has 2 saturated carbocycles. The molecule has 3 aliphatic rings. The number of aryl methyl sites for hydroxylation is 1. The van der Waals surface area contributed by atoms with Crippen LogP contribution in [0.3, 0.4) is 0 Å². The summed E-state index contributed by atoms with van der Waals surface area (Å²) >= 11 is 0. The molecule has 1 aliphatic heterocycles. The minimum absolute atomic E-state index is 0.167. The van der Waals surface area contributed by atoms with E-state index in [4.69, 9.17) is 4.74 Å². The van der Waals surface area contributed by atoms with E-state index < -0.39 is 29.0 Å². The maximum Gasteiger partial charge on any atom is 0.407 e. The molecule has 9 heteroatoms. The second kappa shape index (κ2) is 8.24. The van der Waals surface area contributed by atoms with Gasteiger partial charge in [-0.2, -0.15) is 0 Å². The number of rotatable bonds is 5. The number of carbonyl (C=O) groups is 2. The minimum Gasteiger partial charge on any atom is -0.477 e. The van der Waals surface area contributed by atoms with Crippen molar-refractivity contribution in [3.63, 3.8) is 0 Å². The number of alkyl carbamates (subject to hydrolysis) is 1. The summed E-state index contributed by atoms with van der Waals surface area (Å²) in [7, 11) is 0. The van der Waals surface area contributed by atoms with Crippen LogP contribution in [0.2, 0.25) is 0 Å². The number of hydrogen-bond acceptors (Lipinski definition) is 5. The molecule has 2 aliphatic carbocycles. The van der Waals surface area contributed by atoms with Gasteiger partial charge in [0, 0.05) is 19.0 Å². The van der Waals surface area contributed by atoms with E-state index >= 15 is 4.39 Å². The molecule has 2 N–H and O–H groups in total. The van der Waals surface area contributed by atoms with E-state index in [9.17, 15) is 19.5 Å². The van der Waals surface area contributed by atoms with Gasteiger partial charge in [0.2, 0.25) is 0 Å². The van der Waals surface area contributed by atoms with Gasteiger partial charge in [0.05, 0.1) is 23.4 Å². The Hall–Kier alpha value is -3.10. The molecule has 5 rings (SSSR count). The van der Waals surface area contributed by atoms with E-state index in [1.165, 1.54) is 6.07 Å². The molecule has 8 nitrogen and oxygen atoms in total. The predicted molar refractivity (Wildman–Crippen MR) is 129 cm³/mol. The first-order valence-electron chi connectivity index (χ1n) is 12.3. The Balaban J connectivity index is 1.54. The van der Waals surface area contributed by atoms with Crippen LogP contribution >= 0.6 is 0 Å². The number of aromatic carboxylic acids is 1. The smallest absolute Gasteiger partial charge is 0.407 e. The van der Waals surface area contributed by atoms with E-state index in [1.54, 1.807) is 6.92 Å². The highest BCUT2D eigenvalue weighted by Crippen LogP contribution is 2.46. The number of carboxylic acids is 1. The third-order valence-corrected chi connectivity index (χ3v) is 7.30. The first kappa shape index (κ1) is 23.6. The number of ether oxygens (including phenoxy) is 1. The minimum atomic E-state index is -1.31. The fraction of sp³-hybridized carbons (Fsp3) is 0.577. The quantitative estimate of drug-likeness (QED) is 0.663. The third-order valence-electron chi connectivity index (χ3n) is 7.30. The summed E-state index contributed by atoms with van der Waals surface area (Å²) in [5, 5.41) is 12.5. The van der Waals surface area contributed by atoms with Crippen molar-refractivity contribution < 1.29 is 23.8 Å². The van der Waals surface area contributed by atoms with Gasteiger partial charge in [-0.25, -0.2) is 14.0 Å². The lowest BCUT2D eigenvalue weighted by molar-refractivity contribution is 0.0494. The van der Waals surface area contributed by atoms with E-state index in [2.05, 4.69) is 5.32 Å². The number of nitrogens with zero attached hydrogens (tertiary/aromatic N) is 2. The van der Waals surface area contributed by atoms with Crippen molar-refractivity contribution in [3.05, 3.63) is 45.1 Å². The summed E-state index contributed by atoms with van der Waals surface area (Å²) < 4.78 is 22.2. The van der Waals surface area contributed by atoms with Crippen molar-refractivity contribution >= 4 is 23.3 Å². The number of anilines is 1. The van der Waals surface area contributed by atoms with Gasteiger partial charge in [0.1, 0.15) is 11.2 Å². The molecule has 35 heavy (non-hydrogen) atoms. The number of hydrogen-bond donors (Lipinski definition) is 2. The van der Waals surface area contributed by atoms with Crippen LogP contribution < -0.4 is 15.8 Å². The predicted octanol–water partition coefficient (Wildman–Crippen LogP) is 4.06. The van der Waals surface area contributed by atoms with Crippen LogP contribution in [0.15, 0.2) is 17.1 Å². The summed E-state index contributed by atoms with van der Waals surface area (Å²) in [6.45, 7) is 8.26. The molecule has 3 fully saturated rings. The van der Waals surface area contributed by atoms with E-state index in [1.807, 2.05) is 25.7 Å². The zero-order chi connectivity index (χ0) is 25.2. The normalized spacial score (nSPS) is 22.5. The highest BCUT2D eigenvalue weighted by Gasteiger charge is 2.44. The Morgan fingerprint density at radius 1 is 1.17 bits per heavy atom. The van der Waals surface area contributed by atoms with Crippen molar-refractivity contribution in [1.82, 2.24) is 9.72 Å². The standard InChI is InChI=1S/C26H32FN3O5/c1-13-21-16(14-5-6-14)9-17(24(32)33)23(31)30(21)11-19(27)22(13)29-10-18(15-7-8-15)20(12-29)28-25(34)35-26(2,3)4/h9,11,14-15,18,20H,5-8,10,12H2,1-4H3,(H,28,34)(H,32,33)/t18-,20+/m0/s1. The Morgan fingerprint density at radius 3 is 2.43 bits per heavy atom. The first-order valence-corrected chi connectivity index (χ1v) is 12.3. The molecule has 2 aromatic rings. The maximum atomic E-state index is 15.6. The number of pyridine rings is 2. The monoisotopic (exact) mass is 485 g/mol. The Morgan fingerprint density at radius 2 is 1.86 bits per heavy atom. The zero-order valence-electron chi connectivity index (χ0n) is 20.6. The first-order chi connectivity index (χ1) is 16.4. The van der Waals surface area contributed by atoms with Gasteiger partial charge in [0.25, 0.3) is 5.56 Å². The molecular formula is C26H32FN3O5. The van der Waals surface area contributed by atoms with Crippen LogP contribution in [-0.4, -0.2) is 46.3 Å². The molecule has 1 amide bonds. The van der Waals surface area contributed by atoms with E-state index in [0.29, 0.717) is 35.8 Å². The van der Waals surface area contributed by atoms with E-state index in [-0.39, 0.29) is 23.4 Å². The van der Waals surface area contributed by atoms with E-state index in [0.717, 1.165) is 41.8 Å². The molecule has 0 radical (unpaired) electrons. The second-order valence-corrected chi connectivity index (χ2v) is 11.2. The van der Waals surface area contributed by atoms with Crippen molar-refractivity contribution in [1.29, 1.82) is 0 Å². The van der Waals surface area contributed by atoms with Gasteiger partial charge in [-0.1, -0.05) is 0 Å². The molecule has 1 saturated heterocycles. The van der Waals surface area contributed by atoms with Gasteiger partial charge < -0.3 is 20.1 Å². The summed E-state index contributed by atoms with van der Waals surface area (Å²) in [6.07, 6.45) is 4.64. The number of nitrogens with one attached hydrogen (secondary N) is 1. The van der Waals surface area contributed by atoms with Crippen LogP contribution in [0.1, 0.15) is 73.9 Å². The molecule has 2 atom stereocenters. The lowest BCUT2D eigenvalue weighted by Gasteiger charge is -2.25. The highest BCUT2D eigenvalue weighted by molar-refractivity contribution is 5.89. The molecule has 188 valence electrons. The van der Waals surface area contributed by atoms with Crippen molar-refractivity contribution in [2.75, 3.05) is 18.0 Å².